The quantitative estimate of drug-likeness (QED) is 0.638. The third-order valence-corrected chi connectivity index (χ3v) is 5.67. The van der Waals surface area contributed by atoms with Crippen molar-refractivity contribution in [3.63, 3.8) is 0 Å². The number of imidazole rings is 1. The Morgan fingerprint density at radius 3 is 2.66 bits per heavy atom. The van der Waals surface area contributed by atoms with Crippen LogP contribution < -0.4 is 20.9 Å². The first-order valence-corrected chi connectivity index (χ1v) is 10.0. The summed E-state index contributed by atoms with van der Waals surface area (Å²) < 4.78 is 9.90. The molecular formula is C20H24ClN5O3. The zero-order valence-corrected chi connectivity index (χ0v) is 17.7. The van der Waals surface area contributed by atoms with Gasteiger partial charge in [-0.1, -0.05) is 25.4 Å². The van der Waals surface area contributed by atoms with Gasteiger partial charge in [0.25, 0.3) is 5.56 Å². The van der Waals surface area contributed by atoms with E-state index in [0.29, 0.717) is 53.4 Å². The maximum Gasteiger partial charge on any atom is 0.332 e. The molecule has 29 heavy (non-hydrogen) atoms. The van der Waals surface area contributed by atoms with Crippen molar-refractivity contribution >= 4 is 34.4 Å². The number of anilines is 2. The molecule has 9 heteroatoms. The third kappa shape index (κ3) is 3.11. The average Bonchev–Trinajstić information content (AvgIpc) is 3.25. The van der Waals surface area contributed by atoms with Crippen LogP contribution in [0.3, 0.4) is 0 Å². The Morgan fingerprint density at radius 2 is 2.00 bits per heavy atom. The number of hydrogen-bond acceptors (Lipinski definition) is 5. The van der Waals surface area contributed by atoms with Crippen LogP contribution in [-0.2, 0) is 20.1 Å². The van der Waals surface area contributed by atoms with Gasteiger partial charge in [-0.25, -0.2) is 4.79 Å². The number of hydrogen-bond donors (Lipinski definition) is 0. The van der Waals surface area contributed by atoms with Crippen LogP contribution in [0.2, 0.25) is 5.02 Å². The molecule has 0 spiro atoms. The van der Waals surface area contributed by atoms with Gasteiger partial charge in [0.05, 0.1) is 12.1 Å². The molecule has 8 nitrogen and oxygen atoms in total. The maximum atomic E-state index is 13.1. The molecule has 0 atom stereocenters. The van der Waals surface area contributed by atoms with E-state index < -0.39 is 0 Å². The minimum Gasteiger partial charge on any atom is -0.495 e. The van der Waals surface area contributed by atoms with Gasteiger partial charge in [-0.05, 0) is 30.5 Å². The van der Waals surface area contributed by atoms with E-state index in [9.17, 15) is 9.59 Å². The Morgan fingerprint density at radius 1 is 1.24 bits per heavy atom. The van der Waals surface area contributed by atoms with E-state index in [1.165, 1.54) is 9.13 Å². The molecule has 0 saturated carbocycles. The van der Waals surface area contributed by atoms with E-state index in [1.807, 2.05) is 21.6 Å². The molecule has 0 radical (unpaired) electrons. The van der Waals surface area contributed by atoms with Crippen molar-refractivity contribution < 1.29 is 4.74 Å². The van der Waals surface area contributed by atoms with Crippen LogP contribution in [0.1, 0.15) is 20.3 Å². The maximum absolute atomic E-state index is 13.1. The highest BCUT2D eigenvalue weighted by Gasteiger charge is 2.29. The number of ether oxygens (including phenoxy) is 1. The SMILES string of the molecule is COc1ccc(N2CCn3c2nc2c3c(=O)n(CCC(C)C)c(=O)n2C)cc1Cl. The fourth-order valence-electron chi connectivity index (χ4n) is 3.73. The normalized spacial score (nSPS) is 13.5. The summed E-state index contributed by atoms with van der Waals surface area (Å²) in [6.45, 7) is 5.81. The lowest BCUT2D eigenvalue weighted by atomic mass is 10.1. The number of halogens is 1. The molecule has 1 aromatic carbocycles. The van der Waals surface area contributed by atoms with Gasteiger partial charge in [-0.3, -0.25) is 13.9 Å². The summed E-state index contributed by atoms with van der Waals surface area (Å²) >= 11 is 6.29. The van der Waals surface area contributed by atoms with Crippen LogP contribution >= 0.6 is 11.6 Å². The highest BCUT2D eigenvalue weighted by molar-refractivity contribution is 6.32. The predicted octanol–water partition coefficient (Wildman–Crippen LogP) is 2.76. The Balaban J connectivity index is 1.85. The van der Waals surface area contributed by atoms with E-state index >= 15 is 0 Å². The number of aromatic nitrogens is 4. The molecule has 0 amide bonds. The van der Waals surface area contributed by atoms with Gasteiger partial charge < -0.3 is 14.2 Å². The molecule has 4 rings (SSSR count). The summed E-state index contributed by atoms with van der Waals surface area (Å²) in [6, 6.07) is 5.52. The lowest BCUT2D eigenvalue weighted by molar-refractivity contribution is 0.415. The number of benzene rings is 1. The Bertz CT molecular complexity index is 1210. The second-order valence-electron chi connectivity index (χ2n) is 7.69. The molecule has 3 aromatic rings. The second kappa shape index (κ2) is 7.26. The van der Waals surface area contributed by atoms with Crippen LogP contribution in [0.4, 0.5) is 11.6 Å². The molecule has 0 bridgehead atoms. The van der Waals surface area contributed by atoms with Gasteiger partial charge in [-0.15, -0.1) is 0 Å². The molecule has 0 aliphatic carbocycles. The molecule has 1 aliphatic heterocycles. The predicted molar refractivity (Wildman–Crippen MR) is 114 cm³/mol. The zero-order chi connectivity index (χ0) is 20.9. The van der Waals surface area contributed by atoms with Crippen LogP contribution in [0.25, 0.3) is 11.2 Å². The van der Waals surface area contributed by atoms with Gasteiger partial charge >= 0.3 is 5.69 Å². The molecule has 0 fully saturated rings. The van der Waals surface area contributed by atoms with Gasteiger partial charge in [-0.2, -0.15) is 4.98 Å². The number of aryl methyl sites for hydroxylation is 1. The highest BCUT2D eigenvalue weighted by atomic mass is 35.5. The molecule has 3 heterocycles. The molecule has 0 unspecified atom stereocenters. The molecule has 154 valence electrons. The first-order valence-electron chi connectivity index (χ1n) is 9.64. The van der Waals surface area contributed by atoms with Crippen LogP contribution in [-0.4, -0.2) is 32.3 Å². The highest BCUT2D eigenvalue weighted by Crippen LogP contribution is 2.35. The van der Waals surface area contributed by atoms with Gasteiger partial charge in [0.2, 0.25) is 5.95 Å². The van der Waals surface area contributed by atoms with Gasteiger partial charge in [0, 0.05) is 32.4 Å². The fourth-order valence-corrected chi connectivity index (χ4v) is 3.98. The van der Waals surface area contributed by atoms with E-state index in [0.717, 1.165) is 12.1 Å². The number of rotatable bonds is 5. The van der Waals surface area contributed by atoms with Gasteiger partial charge in [0.15, 0.2) is 11.2 Å². The fraction of sp³-hybridized carbons (Fsp3) is 0.450. The van der Waals surface area contributed by atoms with E-state index in [1.54, 1.807) is 20.2 Å². The topological polar surface area (TPSA) is 74.3 Å². The smallest absolute Gasteiger partial charge is 0.332 e. The molecule has 0 saturated heterocycles. The standard InChI is InChI=1S/C20H24ClN5O3/c1-12(2)7-8-26-18(27)16-17(23(3)20(26)28)22-19-24(9-10-25(16)19)13-5-6-15(29-4)14(21)11-13/h5-6,11-12H,7-10H2,1-4H3. The first kappa shape index (κ1) is 19.6. The van der Waals surface area contributed by atoms with Gasteiger partial charge in [0.1, 0.15) is 5.75 Å². The zero-order valence-electron chi connectivity index (χ0n) is 17.0. The van der Waals surface area contributed by atoms with Crippen molar-refractivity contribution in [3.8, 4) is 5.75 Å². The van der Waals surface area contributed by atoms with E-state index in [-0.39, 0.29) is 11.2 Å². The van der Waals surface area contributed by atoms with E-state index in [2.05, 4.69) is 18.8 Å². The number of nitrogens with zero attached hydrogens (tertiary/aromatic N) is 5. The summed E-state index contributed by atoms with van der Waals surface area (Å²) in [6.07, 6.45) is 0.762. The summed E-state index contributed by atoms with van der Waals surface area (Å²) in [5.41, 5.74) is 1.11. The Labute approximate surface area is 172 Å². The van der Waals surface area contributed by atoms with E-state index in [4.69, 9.17) is 16.3 Å². The number of fused-ring (bicyclic) bond motifs is 3. The first-order chi connectivity index (χ1) is 13.8. The van der Waals surface area contributed by atoms with Crippen molar-refractivity contribution in [2.75, 3.05) is 18.6 Å². The Hall–Kier alpha value is -2.74. The number of methoxy groups -OCH3 is 1. The minimum atomic E-state index is -0.334. The summed E-state index contributed by atoms with van der Waals surface area (Å²) in [5.74, 6) is 1.63. The summed E-state index contributed by atoms with van der Waals surface area (Å²) in [5, 5.41) is 0.503. The summed E-state index contributed by atoms with van der Waals surface area (Å²) in [7, 11) is 3.23. The molecule has 1 aliphatic rings. The van der Waals surface area contributed by atoms with Crippen molar-refractivity contribution in [2.24, 2.45) is 13.0 Å². The minimum absolute atomic E-state index is 0.280. The lowest BCUT2D eigenvalue weighted by Gasteiger charge is -2.17. The lowest BCUT2D eigenvalue weighted by Crippen LogP contribution is -2.40. The van der Waals surface area contributed by atoms with Crippen LogP contribution in [0.15, 0.2) is 27.8 Å². The Kier molecular flexibility index (Phi) is 4.90. The van der Waals surface area contributed by atoms with Crippen LogP contribution in [0.5, 0.6) is 5.75 Å². The monoisotopic (exact) mass is 417 g/mol. The molecule has 0 N–H and O–H groups in total. The third-order valence-electron chi connectivity index (χ3n) is 5.38. The second-order valence-corrected chi connectivity index (χ2v) is 8.09. The van der Waals surface area contributed by atoms with Crippen LogP contribution in [0, 0.1) is 5.92 Å². The van der Waals surface area contributed by atoms with Crippen molar-refractivity contribution in [3.05, 3.63) is 44.1 Å². The van der Waals surface area contributed by atoms with Crippen molar-refractivity contribution in [1.82, 2.24) is 18.7 Å². The van der Waals surface area contributed by atoms with Crippen molar-refractivity contribution in [2.45, 2.75) is 33.4 Å². The largest absolute Gasteiger partial charge is 0.495 e. The molecular weight excluding hydrogens is 394 g/mol. The summed E-state index contributed by atoms with van der Waals surface area (Å²) in [4.78, 5) is 32.5. The van der Waals surface area contributed by atoms with Crippen molar-refractivity contribution in [1.29, 1.82) is 0 Å². The average molecular weight is 418 g/mol. The molecule has 2 aromatic heterocycles.